The number of benzene rings is 1. The highest BCUT2D eigenvalue weighted by molar-refractivity contribution is 7.86. The molecule has 0 atom stereocenters. The average molecular weight is 262 g/mol. The van der Waals surface area contributed by atoms with E-state index in [0.717, 1.165) is 6.07 Å². The van der Waals surface area contributed by atoms with Crippen molar-refractivity contribution in [3.05, 3.63) is 30.1 Å². The van der Waals surface area contributed by atoms with Gasteiger partial charge in [0.15, 0.2) is 0 Å². The van der Waals surface area contributed by atoms with Crippen LogP contribution in [0, 0.1) is 5.82 Å². The van der Waals surface area contributed by atoms with Gasteiger partial charge in [0.05, 0.1) is 0 Å². The Balaban J connectivity index is 0.000000281. The van der Waals surface area contributed by atoms with Crippen LogP contribution in [0.5, 0.6) is 5.75 Å². The van der Waals surface area contributed by atoms with Crippen LogP contribution in [-0.4, -0.2) is 23.6 Å². The second kappa shape index (κ2) is 5.12. The molecule has 0 saturated heterocycles. The van der Waals surface area contributed by atoms with Gasteiger partial charge in [0.2, 0.25) is 0 Å². The summed E-state index contributed by atoms with van der Waals surface area (Å²) in [6.07, 6.45) is 0. The van der Waals surface area contributed by atoms with E-state index in [9.17, 15) is 17.6 Å². The van der Waals surface area contributed by atoms with Crippen LogP contribution in [0.25, 0.3) is 0 Å². The van der Waals surface area contributed by atoms with Gasteiger partial charge >= 0.3 is 15.6 Å². The molecule has 0 unspecified atom stereocenters. The first-order chi connectivity index (χ1) is 7.04. The summed E-state index contributed by atoms with van der Waals surface area (Å²) in [5, 5.41) is 8.57. The summed E-state index contributed by atoms with van der Waals surface area (Å²) in [6.45, 7) is 0. The van der Waals surface area contributed by atoms with E-state index in [1.54, 1.807) is 0 Å². The Labute approximate surface area is 87.9 Å². The summed E-state index contributed by atoms with van der Waals surface area (Å²) in [5.41, 5.74) is -5.53. The van der Waals surface area contributed by atoms with Crippen LogP contribution in [0.1, 0.15) is 0 Å². The molecule has 0 spiro atoms. The van der Waals surface area contributed by atoms with Crippen molar-refractivity contribution in [2.75, 3.05) is 0 Å². The summed E-state index contributed by atoms with van der Waals surface area (Å²) in [4.78, 5) is 0. The minimum atomic E-state index is -5.84. The molecular formula is C7H6F4O4S. The van der Waals surface area contributed by atoms with Gasteiger partial charge in [-0.3, -0.25) is 4.55 Å². The Morgan fingerprint density at radius 1 is 1.19 bits per heavy atom. The summed E-state index contributed by atoms with van der Waals surface area (Å²) in [7, 11) is -5.84. The summed E-state index contributed by atoms with van der Waals surface area (Å²) < 4.78 is 69.5. The van der Waals surface area contributed by atoms with Crippen LogP contribution in [0.3, 0.4) is 0 Å². The molecule has 9 heteroatoms. The second-order valence-electron chi connectivity index (χ2n) is 2.40. The molecule has 0 radical (unpaired) electrons. The molecule has 0 aliphatic rings. The third-order valence-corrected chi connectivity index (χ3v) is 1.69. The fraction of sp³-hybridized carbons (Fsp3) is 0.143. The first-order valence-corrected chi connectivity index (χ1v) is 4.96. The predicted octanol–water partition coefficient (Wildman–Crippen LogP) is 1.93. The molecule has 0 aliphatic carbocycles. The minimum absolute atomic E-state index is 0.0370. The van der Waals surface area contributed by atoms with Gasteiger partial charge in [-0.05, 0) is 12.1 Å². The number of alkyl halides is 3. The highest BCUT2D eigenvalue weighted by Crippen LogP contribution is 2.20. The van der Waals surface area contributed by atoms with E-state index in [1.165, 1.54) is 18.2 Å². The Morgan fingerprint density at radius 3 is 1.81 bits per heavy atom. The van der Waals surface area contributed by atoms with Crippen molar-refractivity contribution < 1.29 is 35.6 Å². The molecule has 0 aromatic heterocycles. The molecule has 16 heavy (non-hydrogen) atoms. The van der Waals surface area contributed by atoms with Crippen LogP contribution in [0.4, 0.5) is 17.6 Å². The van der Waals surface area contributed by atoms with Gasteiger partial charge in [-0.1, -0.05) is 6.07 Å². The lowest BCUT2D eigenvalue weighted by molar-refractivity contribution is -0.0510. The molecule has 1 aromatic rings. The maximum atomic E-state index is 12.0. The van der Waals surface area contributed by atoms with Crippen LogP contribution < -0.4 is 0 Å². The summed E-state index contributed by atoms with van der Waals surface area (Å²) in [5.74, 6) is -0.449. The average Bonchev–Trinajstić information content (AvgIpc) is 2.00. The summed E-state index contributed by atoms with van der Waals surface area (Å²) in [6, 6.07) is 5.20. The van der Waals surface area contributed by atoms with E-state index in [1.807, 2.05) is 0 Å². The number of phenols is 1. The lowest BCUT2D eigenvalue weighted by Crippen LogP contribution is -2.21. The van der Waals surface area contributed by atoms with Gasteiger partial charge in [-0.15, -0.1) is 0 Å². The molecule has 0 amide bonds. The molecule has 0 bridgehead atoms. The Hall–Kier alpha value is -1.35. The van der Waals surface area contributed by atoms with Crippen LogP contribution in [-0.2, 0) is 10.1 Å². The van der Waals surface area contributed by atoms with Gasteiger partial charge in [0.1, 0.15) is 11.6 Å². The van der Waals surface area contributed by atoms with Crippen molar-refractivity contribution in [1.82, 2.24) is 0 Å². The van der Waals surface area contributed by atoms with Crippen molar-refractivity contribution in [2.45, 2.75) is 5.51 Å². The minimum Gasteiger partial charge on any atom is -0.508 e. The lowest BCUT2D eigenvalue weighted by atomic mass is 10.3. The number of halogens is 4. The second-order valence-corrected chi connectivity index (χ2v) is 3.81. The standard InChI is InChI=1S/C6H5FO.CHF3O3S/c7-5-2-1-3-6(8)4-5;2-1(3,4)8(5,6)7/h1-4,8H;(H,5,6,7). The van der Waals surface area contributed by atoms with Crippen molar-refractivity contribution in [1.29, 1.82) is 0 Å². The van der Waals surface area contributed by atoms with Crippen LogP contribution >= 0.6 is 0 Å². The molecule has 2 N–H and O–H groups in total. The number of hydrogen-bond acceptors (Lipinski definition) is 3. The van der Waals surface area contributed by atoms with Crippen molar-refractivity contribution >= 4 is 10.1 Å². The summed E-state index contributed by atoms with van der Waals surface area (Å²) >= 11 is 0. The zero-order chi connectivity index (χ0) is 13.0. The molecule has 1 aromatic carbocycles. The van der Waals surface area contributed by atoms with Crippen LogP contribution in [0.2, 0.25) is 0 Å². The van der Waals surface area contributed by atoms with Gasteiger partial charge in [0, 0.05) is 6.07 Å². The maximum absolute atomic E-state index is 12.0. The van der Waals surface area contributed by atoms with E-state index in [0.29, 0.717) is 0 Å². The van der Waals surface area contributed by atoms with Gasteiger partial charge < -0.3 is 5.11 Å². The molecular weight excluding hydrogens is 256 g/mol. The molecule has 4 nitrogen and oxygen atoms in total. The number of phenolic OH excluding ortho intramolecular Hbond substituents is 1. The predicted molar refractivity (Wildman–Crippen MR) is 45.7 cm³/mol. The zero-order valence-electron chi connectivity index (χ0n) is 7.44. The first kappa shape index (κ1) is 14.6. The van der Waals surface area contributed by atoms with E-state index >= 15 is 0 Å². The number of aromatic hydroxyl groups is 1. The van der Waals surface area contributed by atoms with Crippen molar-refractivity contribution in [2.24, 2.45) is 0 Å². The molecule has 0 saturated carbocycles. The maximum Gasteiger partial charge on any atom is 0.522 e. The SMILES string of the molecule is O=S(=O)(O)C(F)(F)F.Oc1cccc(F)c1. The first-order valence-electron chi connectivity index (χ1n) is 3.52. The highest BCUT2D eigenvalue weighted by Gasteiger charge is 2.44. The highest BCUT2D eigenvalue weighted by atomic mass is 32.2. The molecule has 0 aliphatic heterocycles. The molecule has 0 heterocycles. The van der Waals surface area contributed by atoms with Crippen molar-refractivity contribution in [3.8, 4) is 5.75 Å². The quantitative estimate of drug-likeness (QED) is 0.425. The lowest BCUT2D eigenvalue weighted by Gasteiger charge is -1.97. The number of hydrogen-bond donors (Lipinski definition) is 2. The Morgan fingerprint density at radius 2 is 1.62 bits per heavy atom. The smallest absolute Gasteiger partial charge is 0.508 e. The van der Waals surface area contributed by atoms with E-state index in [2.05, 4.69) is 0 Å². The number of rotatable bonds is 0. The van der Waals surface area contributed by atoms with Crippen molar-refractivity contribution in [3.63, 3.8) is 0 Å². The molecule has 92 valence electrons. The molecule has 0 fully saturated rings. The van der Waals surface area contributed by atoms with E-state index in [-0.39, 0.29) is 5.75 Å². The zero-order valence-corrected chi connectivity index (χ0v) is 8.26. The fourth-order valence-corrected chi connectivity index (χ4v) is 0.476. The third-order valence-electron chi connectivity index (χ3n) is 1.10. The third kappa shape index (κ3) is 5.51. The van der Waals surface area contributed by atoms with Gasteiger partial charge in [-0.25, -0.2) is 4.39 Å². The largest absolute Gasteiger partial charge is 0.522 e. The Bertz CT molecular complexity index is 423. The topological polar surface area (TPSA) is 74.6 Å². The van der Waals surface area contributed by atoms with Gasteiger partial charge in [-0.2, -0.15) is 21.6 Å². The normalized spacial score (nSPS) is 11.6. The Kier molecular flexibility index (Phi) is 4.69. The monoisotopic (exact) mass is 262 g/mol. The molecule has 1 rings (SSSR count). The van der Waals surface area contributed by atoms with E-state index in [4.69, 9.17) is 18.1 Å². The van der Waals surface area contributed by atoms with Crippen LogP contribution in [0.15, 0.2) is 24.3 Å². The van der Waals surface area contributed by atoms with E-state index < -0.39 is 21.4 Å². The fourth-order valence-electron chi connectivity index (χ4n) is 0.476. The van der Waals surface area contributed by atoms with Gasteiger partial charge in [0.25, 0.3) is 0 Å².